The molecule has 0 saturated heterocycles. The number of para-hydroxylation sites is 1. The van der Waals surface area contributed by atoms with Crippen LogP contribution in [0.5, 0.6) is 11.5 Å². The lowest BCUT2D eigenvalue weighted by atomic mass is 10.2. The summed E-state index contributed by atoms with van der Waals surface area (Å²) >= 11 is 0. The van der Waals surface area contributed by atoms with Gasteiger partial charge in [-0.3, -0.25) is 4.98 Å². The average Bonchev–Trinajstić information content (AvgIpc) is 2.55. The van der Waals surface area contributed by atoms with Crippen molar-refractivity contribution in [2.75, 3.05) is 6.54 Å². The predicted octanol–water partition coefficient (Wildman–Crippen LogP) is 4.14. The molecule has 3 heteroatoms. The van der Waals surface area contributed by atoms with Gasteiger partial charge in [-0.2, -0.15) is 0 Å². The summed E-state index contributed by atoms with van der Waals surface area (Å²) in [4.78, 5) is 4.40. The van der Waals surface area contributed by atoms with Gasteiger partial charge in [-0.25, -0.2) is 0 Å². The fourth-order valence-corrected chi connectivity index (χ4v) is 2.23. The van der Waals surface area contributed by atoms with E-state index in [0.717, 1.165) is 35.5 Å². The molecule has 0 radical (unpaired) electrons. The van der Waals surface area contributed by atoms with Crippen LogP contribution in [0.1, 0.15) is 12.5 Å². The number of benzene rings is 2. The van der Waals surface area contributed by atoms with Crippen LogP contribution >= 0.6 is 0 Å². The van der Waals surface area contributed by atoms with Gasteiger partial charge in [-0.15, -0.1) is 0 Å². The van der Waals surface area contributed by atoms with Crippen LogP contribution in [0.25, 0.3) is 10.9 Å². The Labute approximate surface area is 124 Å². The number of fused-ring (bicyclic) bond motifs is 1. The number of ether oxygens (including phenoxy) is 1. The standard InChI is InChI=1S/C18H18N2O/c1-2-19-13-14-8-10-16(11-9-14)21-17-7-3-5-15-6-4-12-20-18(15)17/h3-12,19H,2,13H2,1H3. The van der Waals surface area contributed by atoms with E-state index in [1.807, 2.05) is 42.5 Å². The molecular weight excluding hydrogens is 260 g/mol. The molecule has 3 nitrogen and oxygen atoms in total. The van der Waals surface area contributed by atoms with Crippen molar-refractivity contribution in [3.63, 3.8) is 0 Å². The van der Waals surface area contributed by atoms with Crippen LogP contribution in [-0.4, -0.2) is 11.5 Å². The van der Waals surface area contributed by atoms with Crippen LogP contribution in [-0.2, 0) is 6.54 Å². The van der Waals surface area contributed by atoms with E-state index in [9.17, 15) is 0 Å². The van der Waals surface area contributed by atoms with Crippen molar-refractivity contribution in [3.05, 3.63) is 66.4 Å². The van der Waals surface area contributed by atoms with Crippen LogP contribution in [0, 0.1) is 0 Å². The van der Waals surface area contributed by atoms with E-state index < -0.39 is 0 Å². The number of aromatic nitrogens is 1. The van der Waals surface area contributed by atoms with Crippen molar-refractivity contribution in [3.8, 4) is 11.5 Å². The Hall–Kier alpha value is -2.39. The van der Waals surface area contributed by atoms with Gasteiger partial charge in [-0.1, -0.05) is 37.3 Å². The Balaban J connectivity index is 1.82. The van der Waals surface area contributed by atoms with Crippen molar-refractivity contribution < 1.29 is 4.74 Å². The maximum Gasteiger partial charge on any atom is 0.153 e. The van der Waals surface area contributed by atoms with Gasteiger partial charge >= 0.3 is 0 Å². The predicted molar refractivity (Wildman–Crippen MR) is 85.6 cm³/mol. The summed E-state index contributed by atoms with van der Waals surface area (Å²) in [7, 11) is 0. The number of hydrogen-bond donors (Lipinski definition) is 1. The van der Waals surface area contributed by atoms with Crippen LogP contribution < -0.4 is 10.1 Å². The third-order valence-electron chi connectivity index (χ3n) is 3.33. The van der Waals surface area contributed by atoms with Gasteiger partial charge in [0.2, 0.25) is 0 Å². The van der Waals surface area contributed by atoms with Gasteiger partial charge in [0.1, 0.15) is 11.3 Å². The van der Waals surface area contributed by atoms with Crippen molar-refractivity contribution >= 4 is 10.9 Å². The quantitative estimate of drug-likeness (QED) is 0.761. The first-order valence-electron chi connectivity index (χ1n) is 7.18. The lowest BCUT2D eigenvalue weighted by molar-refractivity contribution is 0.487. The second kappa shape index (κ2) is 6.37. The first kappa shape index (κ1) is 13.6. The number of pyridine rings is 1. The largest absolute Gasteiger partial charge is 0.455 e. The van der Waals surface area contributed by atoms with E-state index in [1.165, 1.54) is 5.56 Å². The molecule has 21 heavy (non-hydrogen) atoms. The van der Waals surface area contributed by atoms with Gasteiger partial charge < -0.3 is 10.1 Å². The zero-order chi connectivity index (χ0) is 14.5. The zero-order valence-electron chi connectivity index (χ0n) is 12.0. The van der Waals surface area contributed by atoms with Gasteiger partial charge in [0.05, 0.1) is 0 Å². The van der Waals surface area contributed by atoms with E-state index in [0.29, 0.717) is 0 Å². The molecule has 0 bridgehead atoms. The summed E-state index contributed by atoms with van der Waals surface area (Å²) < 4.78 is 5.97. The molecule has 0 aliphatic carbocycles. The Kier molecular flexibility index (Phi) is 4.12. The molecule has 0 amide bonds. The summed E-state index contributed by atoms with van der Waals surface area (Å²) in [6, 6.07) is 18.1. The Morgan fingerprint density at radius 1 is 1.00 bits per heavy atom. The fraction of sp³-hybridized carbons (Fsp3) is 0.167. The third kappa shape index (κ3) is 3.20. The lowest BCUT2D eigenvalue weighted by Gasteiger charge is -2.09. The van der Waals surface area contributed by atoms with E-state index >= 15 is 0 Å². The normalized spacial score (nSPS) is 10.7. The summed E-state index contributed by atoms with van der Waals surface area (Å²) in [6.45, 7) is 3.96. The average molecular weight is 278 g/mol. The SMILES string of the molecule is CCNCc1ccc(Oc2cccc3cccnc23)cc1. The number of nitrogens with zero attached hydrogens (tertiary/aromatic N) is 1. The molecular formula is C18H18N2O. The van der Waals surface area contributed by atoms with Crippen LogP contribution in [0.3, 0.4) is 0 Å². The number of hydrogen-bond acceptors (Lipinski definition) is 3. The molecule has 0 aliphatic rings. The molecule has 3 aromatic rings. The molecule has 1 heterocycles. The summed E-state index contributed by atoms with van der Waals surface area (Å²) in [5.74, 6) is 1.61. The van der Waals surface area contributed by atoms with E-state index in [1.54, 1.807) is 6.20 Å². The molecule has 1 N–H and O–H groups in total. The van der Waals surface area contributed by atoms with Crippen molar-refractivity contribution in [1.82, 2.24) is 10.3 Å². The van der Waals surface area contributed by atoms with Crippen molar-refractivity contribution in [2.45, 2.75) is 13.5 Å². The van der Waals surface area contributed by atoms with Crippen molar-refractivity contribution in [2.24, 2.45) is 0 Å². The van der Waals surface area contributed by atoms with Gasteiger partial charge in [0.15, 0.2) is 5.75 Å². The van der Waals surface area contributed by atoms with Crippen LogP contribution in [0.2, 0.25) is 0 Å². The van der Waals surface area contributed by atoms with E-state index in [-0.39, 0.29) is 0 Å². The van der Waals surface area contributed by atoms with Crippen molar-refractivity contribution in [1.29, 1.82) is 0 Å². The number of rotatable bonds is 5. The Morgan fingerprint density at radius 2 is 1.81 bits per heavy atom. The first-order valence-corrected chi connectivity index (χ1v) is 7.18. The monoisotopic (exact) mass is 278 g/mol. The van der Waals surface area contributed by atoms with E-state index in [2.05, 4.69) is 29.4 Å². The molecule has 2 aromatic carbocycles. The Morgan fingerprint density at radius 3 is 2.62 bits per heavy atom. The maximum absolute atomic E-state index is 5.97. The molecule has 3 rings (SSSR count). The minimum absolute atomic E-state index is 0.785. The molecule has 0 atom stereocenters. The molecule has 1 aromatic heterocycles. The lowest BCUT2D eigenvalue weighted by Crippen LogP contribution is -2.11. The molecule has 106 valence electrons. The summed E-state index contributed by atoms with van der Waals surface area (Å²) in [5, 5.41) is 4.39. The fourth-order valence-electron chi connectivity index (χ4n) is 2.23. The van der Waals surface area contributed by atoms with E-state index in [4.69, 9.17) is 4.74 Å². The minimum atomic E-state index is 0.785. The van der Waals surface area contributed by atoms with Crippen LogP contribution in [0.4, 0.5) is 0 Å². The second-order valence-corrected chi connectivity index (χ2v) is 4.86. The minimum Gasteiger partial charge on any atom is -0.455 e. The van der Waals surface area contributed by atoms with Crippen LogP contribution in [0.15, 0.2) is 60.8 Å². The highest BCUT2D eigenvalue weighted by atomic mass is 16.5. The van der Waals surface area contributed by atoms with Gasteiger partial charge in [0.25, 0.3) is 0 Å². The highest BCUT2D eigenvalue weighted by molar-refractivity contribution is 5.84. The van der Waals surface area contributed by atoms with Gasteiger partial charge in [0, 0.05) is 18.1 Å². The number of nitrogens with one attached hydrogen (secondary N) is 1. The molecule has 0 unspecified atom stereocenters. The smallest absolute Gasteiger partial charge is 0.153 e. The molecule has 0 saturated carbocycles. The summed E-state index contributed by atoms with van der Waals surface area (Å²) in [5.41, 5.74) is 2.14. The molecule has 0 fully saturated rings. The summed E-state index contributed by atoms with van der Waals surface area (Å²) in [6.07, 6.45) is 1.79. The highest BCUT2D eigenvalue weighted by Gasteiger charge is 2.04. The molecule has 0 spiro atoms. The van der Waals surface area contributed by atoms with Gasteiger partial charge in [-0.05, 0) is 36.4 Å². The zero-order valence-corrected chi connectivity index (χ0v) is 12.0. The maximum atomic E-state index is 5.97. The highest BCUT2D eigenvalue weighted by Crippen LogP contribution is 2.28. The molecule has 0 aliphatic heterocycles. The topological polar surface area (TPSA) is 34.1 Å². The second-order valence-electron chi connectivity index (χ2n) is 4.86. The Bertz CT molecular complexity index is 717. The first-order chi connectivity index (χ1) is 10.4. The third-order valence-corrected chi connectivity index (χ3v) is 3.33.